The zero-order valence-electron chi connectivity index (χ0n) is 10.9. The van der Waals surface area contributed by atoms with Gasteiger partial charge in [0.05, 0.1) is 3.23 Å². The van der Waals surface area contributed by atoms with Crippen LogP contribution in [-0.4, -0.2) is 20.6 Å². The highest BCUT2D eigenvalue weighted by Gasteiger charge is 2.62. The van der Waals surface area contributed by atoms with Crippen molar-refractivity contribution in [1.29, 1.82) is 0 Å². The monoisotopic (exact) mass is 385 g/mol. The molecule has 1 atom stereocenters. The molecule has 1 saturated carbocycles. The minimum Gasteiger partial charge on any atom is -0.334 e. The predicted octanol–water partition coefficient (Wildman–Crippen LogP) is 4.10. The molecule has 1 aromatic carbocycles. The second-order valence-corrected chi connectivity index (χ2v) is 9.10. The Bertz CT molecular complexity index is 486. The molecule has 0 bridgehead atoms. The summed E-state index contributed by atoms with van der Waals surface area (Å²) in [5.74, 6) is -0.0206. The maximum atomic E-state index is 12.0. The summed E-state index contributed by atoms with van der Waals surface area (Å²) in [5, 5.41) is 0. The van der Waals surface area contributed by atoms with E-state index >= 15 is 0 Å². The maximum Gasteiger partial charge on any atom is 0.246 e. The second kappa shape index (κ2) is 5.41. The fraction of sp³-hybridized carbons (Fsp3) is 0.400. The Morgan fingerprint density at radius 1 is 1.42 bits per heavy atom. The van der Waals surface area contributed by atoms with Gasteiger partial charge in [0.25, 0.3) is 0 Å². The van der Waals surface area contributed by atoms with Crippen LogP contribution < -0.4 is 0 Å². The van der Waals surface area contributed by atoms with Crippen molar-refractivity contribution >= 4 is 37.8 Å². The molecule has 0 spiro atoms. The van der Waals surface area contributed by atoms with Gasteiger partial charge in [-0.15, -0.1) is 0 Å². The van der Waals surface area contributed by atoms with Crippen molar-refractivity contribution < 1.29 is 4.79 Å². The number of benzene rings is 1. The van der Waals surface area contributed by atoms with Crippen LogP contribution in [0.5, 0.6) is 0 Å². The van der Waals surface area contributed by atoms with Crippen LogP contribution in [-0.2, 0) is 11.3 Å². The largest absolute Gasteiger partial charge is 0.334 e. The molecule has 0 unspecified atom stereocenters. The minimum atomic E-state index is -0.0383. The van der Waals surface area contributed by atoms with Gasteiger partial charge in [-0.1, -0.05) is 75.7 Å². The highest BCUT2D eigenvalue weighted by molar-refractivity contribution is 9.25. The topological polar surface area (TPSA) is 20.3 Å². The highest BCUT2D eigenvalue weighted by Crippen LogP contribution is 2.66. The third-order valence-electron chi connectivity index (χ3n) is 3.61. The van der Waals surface area contributed by atoms with Crippen molar-refractivity contribution in [3.05, 3.63) is 48.6 Å². The van der Waals surface area contributed by atoms with E-state index in [4.69, 9.17) is 0 Å². The third kappa shape index (κ3) is 3.29. The molecule has 102 valence electrons. The first-order chi connectivity index (χ1) is 8.88. The van der Waals surface area contributed by atoms with Gasteiger partial charge in [0.15, 0.2) is 0 Å². The van der Waals surface area contributed by atoms with Crippen molar-refractivity contribution in [2.75, 3.05) is 6.54 Å². The molecule has 19 heavy (non-hydrogen) atoms. The fourth-order valence-corrected chi connectivity index (χ4v) is 3.67. The van der Waals surface area contributed by atoms with E-state index in [0.29, 0.717) is 13.1 Å². The molecule has 0 N–H and O–H groups in total. The van der Waals surface area contributed by atoms with Crippen LogP contribution in [0.3, 0.4) is 0 Å². The van der Waals surface area contributed by atoms with Gasteiger partial charge >= 0.3 is 0 Å². The summed E-state index contributed by atoms with van der Waals surface area (Å²) in [5.41, 5.74) is 1.21. The number of alkyl halides is 2. The third-order valence-corrected chi connectivity index (χ3v) is 6.09. The van der Waals surface area contributed by atoms with Gasteiger partial charge in [-0.25, -0.2) is 0 Å². The molecule has 0 aliphatic heterocycles. The fourth-order valence-electron chi connectivity index (χ4n) is 2.18. The maximum absolute atomic E-state index is 12.0. The first kappa shape index (κ1) is 14.8. The summed E-state index contributed by atoms with van der Waals surface area (Å²) >= 11 is 7.29. The number of rotatable bonds is 5. The SMILES string of the molecule is C=CC(=O)N(Cc1ccccc1)C[C@@]1(C)CC1(Br)Br. The summed E-state index contributed by atoms with van der Waals surface area (Å²) in [6.07, 6.45) is 2.40. The first-order valence-electron chi connectivity index (χ1n) is 6.21. The van der Waals surface area contributed by atoms with Crippen molar-refractivity contribution in [3.8, 4) is 0 Å². The van der Waals surface area contributed by atoms with E-state index in [1.165, 1.54) is 6.08 Å². The Morgan fingerprint density at radius 3 is 2.47 bits per heavy atom. The normalized spacial score (nSPS) is 23.7. The van der Waals surface area contributed by atoms with E-state index in [1.54, 1.807) is 0 Å². The van der Waals surface area contributed by atoms with E-state index in [0.717, 1.165) is 12.0 Å². The Labute approximate surface area is 131 Å². The van der Waals surface area contributed by atoms with Crippen molar-refractivity contribution in [2.45, 2.75) is 23.1 Å². The minimum absolute atomic E-state index is 0.0206. The number of hydrogen-bond donors (Lipinski definition) is 0. The van der Waals surface area contributed by atoms with E-state index in [2.05, 4.69) is 45.4 Å². The second-order valence-electron chi connectivity index (χ2n) is 5.33. The van der Waals surface area contributed by atoms with E-state index in [9.17, 15) is 4.79 Å². The highest BCUT2D eigenvalue weighted by atomic mass is 79.9. The average molecular weight is 387 g/mol. The first-order valence-corrected chi connectivity index (χ1v) is 7.80. The average Bonchev–Trinajstić information content (AvgIpc) is 2.87. The number of carbonyl (C=O) groups is 1. The van der Waals surface area contributed by atoms with Gasteiger partial charge < -0.3 is 4.90 Å². The molecule has 0 radical (unpaired) electrons. The van der Waals surface area contributed by atoms with Crippen LogP contribution in [0.15, 0.2) is 43.0 Å². The van der Waals surface area contributed by atoms with Crippen LogP contribution in [0.1, 0.15) is 18.9 Å². The molecule has 1 fully saturated rings. The zero-order valence-corrected chi connectivity index (χ0v) is 14.1. The lowest BCUT2D eigenvalue weighted by Crippen LogP contribution is -2.35. The molecule has 0 aromatic heterocycles. The number of carbonyl (C=O) groups excluding carboxylic acids is 1. The molecule has 2 nitrogen and oxygen atoms in total. The van der Waals surface area contributed by atoms with Crippen molar-refractivity contribution in [2.24, 2.45) is 5.41 Å². The van der Waals surface area contributed by atoms with Gasteiger partial charge in [-0.3, -0.25) is 4.79 Å². The lowest BCUT2D eigenvalue weighted by molar-refractivity contribution is -0.127. The quantitative estimate of drug-likeness (QED) is 0.551. The molecule has 4 heteroatoms. The van der Waals surface area contributed by atoms with Crippen LogP contribution in [0.4, 0.5) is 0 Å². The lowest BCUT2D eigenvalue weighted by Gasteiger charge is -2.26. The Morgan fingerprint density at radius 2 is 2.00 bits per heavy atom. The Kier molecular flexibility index (Phi) is 4.21. The summed E-state index contributed by atoms with van der Waals surface area (Å²) < 4.78 is -0.0383. The van der Waals surface area contributed by atoms with Crippen LogP contribution in [0.2, 0.25) is 0 Å². The van der Waals surface area contributed by atoms with Crippen LogP contribution in [0, 0.1) is 5.41 Å². The standard InChI is InChI=1S/C15H17Br2NO/c1-3-13(19)18(9-12-7-5-4-6-8-12)11-14(2)10-15(14,16)17/h3-8H,1,9-11H2,2H3/t14-/m1/s1. The van der Waals surface area contributed by atoms with Gasteiger partial charge in [-0.2, -0.15) is 0 Å². The van der Waals surface area contributed by atoms with Gasteiger partial charge in [0.1, 0.15) is 0 Å². The molecule has 1 aromatic rings. The molecule has 0 saturated heterocycles. The predicted molar refractivity (Wildman–Crippen MR) is 85.4 cm³/mol. The Balaban J connectivity index is 2.10. The summed E-state index contributed by atoms with van der Waals surface area (Å²) in [4.78, 5) is 13.9. The smallest absolute Gasteiger partial charge is 0.246 e. The molecular formula is C15H17Br2NO. The van der Waals surface area contributed by atoms with Crippen LogP contribution in [0.25, 0.3) is 0 Å². The van der Waals surface area contributed by atoms with E-state index in [1.807, 2.05) is 35.2 Å². The molecular weight excluding hydrogens is 370 g/mol. The number of halogens is 2. The van der Waals surface area contributed by atoms with E-state index in [-0.39, 0.29) is 14.6 Å². The summed E-state index contributed by atoms with van der Waals surface area (Å²) in [6.45, 7) is 7.10. The van der Waals surface area contributed by atoms with Crippen LogP contribution >= 0.6 is 31.9 Å². The summed E-state index contributed by atoms with van der Waals surface area (Å²) in [6, 6.07) is 10.0. The van der Waals surface area contributed by atoms with Gasteiger partial charge in [0, 0.05) is 18.5 Å². The number of hydrogen-bond acceptors (Lipinski definition) is 1. The number of nitrogens with zero attached hydrogens (tertiary/aromatic N) is 1. The number of amides is 1. The zero-order chi connectivity index (χ0) is 14.1. The van der Waals surface area contributed by atoms with Crippen molar-refractivity contribution in [1.82, 2.24) is 4.90 Å². The molecule has 1 amide bonds. The van der Waals surface area contributed by atoms with Gasteiger partial charge in [-0.05, 0) is 18.1 Å². The van der Waals surface area contributed by atoms with Crippen molar-refractivity contribution in [3.63, 3.8) is 0 Å². The van der Waals surface area contributed by atoms with E-state index < -0.39 is 0 Å². The molecule has 2 rings (SSSR count). The Hall–Kier alpha value is -0.610. The molecule has 0 heterocycles. The molecule has 1 aliphatic rings. The van der Waals surface area contributed by atoms with Gasteiger partial charge in [0.2, 0.25) is 5.91 Å². The summed E-state index contributed by atoms with van der Waals surface area (Å²) in [7, 11) is 0. The molecule has 1 aliphatic carbocycles. The lowest BCUT2D eigenvalue weighted by atomic mass is 10.1.